The number of esters is 1. The van der Waals surface area contributed by atoms with Crippen molar-refractivity contribution in [3.63, 3.8) is 0 Å². The monoisotopic (exact) mass is 518 g/mol. The van der Waals surface area contributed by atoms with E-state index in [2.05, 4.69) is 5.32 Å². The Morgan fingerprint density at radius 2 is 1.89 bits per heavy atom. The van der Waals surface area contributed by atoms with Gasteiger partial charge in [-0.2, -0.15) is 0 Å². The van der Waals surface area contributed by atoms with Crippen LogP contribution >= 0.6 is 11.8 Å². The highest BCUT2D eigenvalue weighted by atomic mass is 35.5. The summed E-state index contributed by atoms with van der Waals surface area (Å²) in [6.45, 7) is 3.36. The molecule has 0 aromatic carbocycles. The maximum Gasteiger partial charge on any atom is 0.333 e. The van der Waals surface area contributed by atoms with Gasteiger partial charge >= 0.3 is 5.97 Å². The molecule has 0 aromatic heterocycles. The van der Waals surface area contributed by atoms with Crippen molar-refractivity contribution in [2.75, 3.05) is 19.7 Å². The summed E-state index contributed by atoms with van der Waals surface area (Å²) in [5.41, 5.74) is -0.283. The summed E-state index contributed by atoms with van der Waals surface area (Å²) in [6, 6.07) is -0.401. The third kappa shape index (κ3) is 7.20. The first-order valence-electron chi connectivity index (χ1n) is 12.7. The number of hydrogen-bond acceptors (Lipinski definition) is 8. The van der Waals surface area contributed by atoms with Crippen molar-refractivity contribution >= 4 is 46.6 Å². The number of ether oxygens (including phenoxy) is 1. The van der Waals surface area contributed by atoms with Gasteiger partial charge in [0.1, 0.15) is 5.78 Å². The Labute approximate surface area is 216 Å². The lowest BCUT2D eigenvalue weighted by Crippen LogP contribution is -2.46. The van der Waals surface area contributed by atoms with Crippen LogP contribution in [0.15, 0.2) is 23.8 Å². The fourth-order valence-corrected chi connectivity index (χ4v) is 5.26. The molecule has 0 bridgehead atoms. The van der Waals surface area contributed by atoms with E-state index in [0.29, 0.717) is 63.8 Å². The Balaban J connectivity index is 1.52. The number of carbonyl (C=O) groups excluding carboxylic acids is 4. The lowest BCUT2D eigenvalue weighted by atomic mass is 9.80. The van der Waals surface area contributed by atoms with Gasteiger partial charge in [0.15, 0.2) is 0 Å². The topological polar surface area (TPSA) is 140 Å². The summed E-state index contributed by atoms with van der Waals surface area (Å²) >= 11 is 6.02. The van der Waals surface area contributed by atoms with Gasteiger partial charge < -0.3 is 20.9 Å². The van der Waals surface area contributed by atoms with Gasteiger partial charge in [-0.1, -0.05) is 25.2 Å². The second kappa shape index (κ2) is 13.1. The van der Waals surface area contributed by atoms with Crippen LogP contribution in [0.2, 0.25) is 0 Å². The van der Waals surface area contributed by atoms with Crippen LogP contribution in [0.1, 0.15) is 58.3 Å². The van der Waals surface area contributed by atoms with Crippen LogP contribution in [0.4, 0.5) is 0 Å². The summed E-state index contributed by atoms with van der Waals surface area (Å²) in [6.07, 6.45) is 8.88. The average molecular weight is 519 g/mol. The van der Waals surface area contributed by atoms with Crippen molar-refractivity contribution in [1.82, 2.24) is 9.74 Å². The number of carbonyl (C=O) groups is 4. The number of Topliss-reactive ketones (excluding diaryl/α,β-unsaturated/α-hetero) is 2. The Morgan fingerprint density at radius 1 is 1.14 bits per heavy atom. The van der Waals surface area contributed by atoms with Crippen LogP contribution in [-0.4, -0.2) is 65.0 Å². The van der Waals surface area contributed by atoms with E-state index < -0.39 is 41.8 Å². The Bertz CT molecular complexity index is 975. The maximum absolute atomic E-state index is 13.0. The van der Waals surface area contributed by atoms with Crippen molar-refractivity contribution in [2.45, 2.75) is 64.3 Å². The first-order chi connectivity index (χ1) is 17.2. The molecule has 36 heavy (non-hydrogen) atoms. The molecular formula is C26H35ClN4O5. The molecule has 2 aliphatic carbocycles. The van der Waals surface area contributed by atoms with E-state index in [9.17, 15) is 19.2 Å². The van der Waals surface area contributed by atoms with Crippen molar-refractivity contribution in [3.05, 3.63) is 23.8 Å². The quantitative estimate of drug-likeness (QED) is 0.166. The van der Waals surface area contributed by atoms with E-state index in [1.165, 1.54) is 0 Å². The number of nitrogens with zero attached hydrogens (tertiary/aromatic N) is 1. The largest absolute Gasteiger partial charge is 0.462 e. The maximum atomic E-state index is 13.0. The molecule has 0 saturated carbocycles. The predicted octanol–water partition coefficient (Wildman–Crippen LogP) is 3.16. The van der Waals surface area contributed by atoms with E-state index in [1.807, 2.05) is 19.1 Å². The highest BCUT2D eigenvalue weighted by Crippen LogP contribution is 2.29. The second-order valence-corrected chi connectivity index (χ2v) is 10.2. The summed E-state index contributed by atoms with van der Waals surface area (Å²) in [5.74, 6) is -2.67. The highest BCUT2D eigenvalue weighted by Gasteiger charge is 2.37. The van der Waals surface area contributed by atoms with Gasteiger partial charge in [-0.15, -0.1) is 0 Å². The molecule has 9 nitrogen and oxygen atoms in total. The van der Waals surface area contributed by atoms with Crippen LogP contribution in [0.25, 0.3) is 0 Å². The van der Waals surface area contributed by atoms with Gasteiger partial charge in [0.25, 0.3) is 0 Å². The normalized spacial score (nSPS) is 26.1. The Morgan fingerprint density at radius 3 is 2.58 bits per heavy atom. The number of halogens is 1. The molecule has 4 unspecified atom stereocenters. The minimum absolute atomic E-state index is 0.0827. The smallest absolute Gasteiger partial charge is 0.333 e. The van der Waals surface area contributed by atoms with Crippen LogP contribution in [0, 0.1) is 28.6 Å². The highest BCUT2D eigenvalue weighted by molar-refractivity contribution is 6.66. The first-order valence-corrected chi connectivity index (χ1v) is 13.0. The van der Waals surface area contributed by atoms with Gasteiger partial charge in [-0.05, 0) is 56.7 Å². The van der Waals surface area contributed by atoms with Crippen LogP contribution in [-0.2, 0) is 23.9 Å². The molecule has 3 rings (SSSR count). The minimum Gasteiger partial charge on any atom is -0.462 e. The summed E-state index contributed by atoms with van der Waals surface area (Å²) in [7, 11) is 0. The number of hydrogen-bond donors (Lipinski definition) is 3. The molecule has 1 saturated heterocycles. The van der Waals surface area contributed by atoms with E-state index in [-0.39, 0.29) is 29.8 Å². The van der Waals surface area contributed by atoms with Crippen molar-refractivity contribution in [3.8, 4) is 0 Å². The molecule has 10 heteroatoms. The van der Waals surface area contributed by atoms with E-state index in [1.54, 1.807) is 10.5 Å². The number of ketones is 2. The minimum atomic E-state index is -0.789. The average Bonchev–Trinajstić information content (AvgIpc) is 3.32. The van der Waals surface area contributed by atoms with E-state index >= 15 is 0 Å². The van der Waals surface area contributed by atoms with Crippen molar-refractivity contribution < 1.29 is 23.9 Å². The Hall–Kier alpha value is -2.65. The second-order valence-electron chi connectivity index (χ2n) is 9.72. The van der Waals surface area contributed by atoms with Crippen LogP contribution in [0.3, 0.4) is 0 Å². The molecule has 0 spiro atoms. The molecule has 196 valence electrons. The van der Waals surface area contributed by atoms with Crippen LogP contribution in [0.5, 0.6) is 0 Å². The Kier molecular flexibility index (Phi) is 10.1. The summed E-state index contributed by atoms with van der Waals surface area (Å²) < 4.78 is 6.77. The molecule has 0 radical (unpaired) electrons. The third-order valence-electron chi connectivity index (χ3n) is 7.02. The van der Waals surface area contributed by atoms with Gasteiger partial charge in [0, 0.05) is 42.5 Å². The van der Waals surface area contributed by atoms with E-state index in [4.69, 9.17) is 27.3 Å². The summed E-state index contributed by atoms with van der Waals surface area (Å²) in [5, 5.41) is 19.3. The number of nitrogens with one attached hydrogen (secondary N) is 3. The first kappa shape index (κ1) is 27.9. The molecule has 1 aliphatic heterocycles. The van der Waals surface area contributed by atoms with Gasteiger partial charge in [-0.25, -0.2) is 9.21 Å². The number of rotatable bonds is 11. The van der Waals surface area contributed by atoms with Crippen molar-refractivity contribution in [2.24, 2.45) is 17.8 Å². The zero-order valence-corrected chi connectivity index (χ0v) is 21.4. The van der Waals surface area contributed by atoms with Gasteiger partial charge in [0.05, 0.1) is 24.5 Å². The molecule has 3 aliphatic rings. The molecule has 1 heterocycles. The molecule has 1 fully saturated rings. The zero-order chi connectivity index (χ0) is 26.2. The van der Waals surface area contributed by atoms with Gasteiger partial charge in [0.2, 0.25) is 11.7 Å². The third-order valence-corrected chi connectivity index (χ3v) is 7.33. The van der Waals surface area contributed by atoms with Crippen molar-refractivity contribution in [1.29, 1.82) is 10.8 Å². The van der Waals surface area contributed by atoms with Crippen LogP contribution < -0.4 is 5.32 Å². The molecule has 1 amide bonds. The lowest BCUT2D eigenvalue weighted by Gasteiger charge is -2.30. The summed E-state index contributed by atoms with van der Waals surface area (Å²) in [4.78, 5) is 50.6. The fraction of sp³-hybridized carbons (Fsp3) is 0.615. The van der Waals surface area contributed by atoms with Gasteiger partial charge in [-0.3, -0.25) is 14.4 Å². The number of amides is 1. The zero-order valence-electron chi connectivity index (χ0n) is 20.7. The number of allylic oxidation sites excluding steroid dienone is 2. The molecule has 4 atom stereocenters. The standard InChI is InChI=1S/C26H35ClN4O5/c1-2-12-36-26(35)17-7-5-6-16(13-17)23(29)25(34)20(28)14-22(32)30-21-9-4-3-8-19(21)24(33)18-10-11-31(27)15-18/h3-4,7,16,18-19,21,28-29H,2,5-6,8-15H2,1H3,(H,30,32). The molecule has 0 aromatic rings. The molecule has 3 N–H and O–H groups in total. The lowest BCUT2D eigenvalue weighted by molar-refractivity contribution is -0.139. The fourth-order valence-electron chi connectivity index (χ4n) is 5.00. The van der Waals surface area contributed by atoms with E-state index in [0.717, 1.165) is 0 Å². The predicted molar refractivity (Wildman–Crippen MR) is 136 cm³/mol. The SMILES string of the molecule is CCCOC(=O)C1=CCCC(C(=N)C(=O)C(=N)CC(=O)NC2CC=CCC2C(=O)C2CCN(Cl)C2)C1. The molecular weight excluding hydrogens is 484 g/mol.